The zero-order valence-electron chi connectivity index (χ0n) is 15.7. The summed E-state index contributed by atoms with van der Waals surface area (Å²) in [7, 11) is 0. The molecule has 24 heavy (non-hydrogen) atoms. The van der Waals surface area contributed by atoms with Crippen LogP contribution < -0.4 is 11.1 Å². The van der Waals surface area contributed by atoms with Gasteiger partial charge in [-0.1, -0.05) is 26.7 Å². The largest absolute Gasteiger partial charge is 0.356 e. The number of unbranched alkanes of at least 4 members (excludes halogenated alkanes) is 4. The van der Waals surface area contributed by atoms with E-state index in [0.29, 0.717) is 37.1 Å². The summed E-state index contributed by atoms with van der Waals surface area (Å²) in [5, 5.41) is 2.96. The number of carbonyl (C=O) groups excluding carboxylic acids is 2. The van der Waals surface area contributed by atoms with Gasteiger partial charge >= 0.3 is 0 Å². The number of likely N-dealkylation sites (tertiary alicyclic amines) is 1. The number of nitrogens with zero attached hydrogens (tertiary/aromatic N) is 1. The first kappa shape index (κ1) is 20.9. The first-order valence-electron chi connectivity index (χ1n) is 9.79. The van der Waals surface area contributed by atoms with Crippen molar-refractivity contribution in [3.8, 4) is 0 Å². The van der Waals surface area contributed by atoms with E-state index in [9.17, 15) is 9.59 Å². The average molecular weight is 340 g/mol. The molecule has 1 atom stereocenters. The second kappa shape index (κ2) is 12.3. The number of amides is 2. The van der Waals surface area contributed by atoms with Crippen LogP contribution >= 0.6 is 0 Å². The van der Waals surface area contributed by atoms with Gasteiger partial charge in [0.2, 0.25) is 11.8 Å². The first-order chi connectivity index (χ1) is 11.5. The van der Waals surface area contributed by atoms with Crippen LogP contribution in [0.1, 0.15) is 71.6 Å². The third-order valence-corrected chi connectivity index (χ3v) is 5.02. The number of rotatable bonds is 12. The van der Waals surface area contributed by atoms with Crippen molar-refractivity contribution in [3.05, 3.63) is 0 Å². The normalized spacial score (nSPS) is 17.5. The summed E-state index contributed by atoms with van der Waals surface area (Å²) in [6.07, 6.45) is 8.23. The minimum Gasteiger partial charge on any atom is -0.356 e. The van der Waals surface area contributed by atoms with Gasteiger partial charge in [0.05, 0.1) is 0 Å². The molecule has 0 bridgehead atoms. The van der Waals surface area contributed by atoms with Crippen molar-refractivity contribution >= 4 is 11.8 Å². The van der Waals surface area contributed by atoms with Crippen molar-refractivity contribution in [2.45, 2.75) is 71.6 Å². The number of carbonyl (C=O) groups is 2. The Morgan fingerprint density at radius 2 is 1.79 bits per heavy atom. The molecule has 0 saturated carbocycles. The summed E-state index contributed by atoms with van der Waals surface area (Å²) in [6, 6.07) is 0. The second-order valence-electron chi connectivity index (χ2n) is 7.39. The Morgan fingerprint density at radius 3 is 2.46 bits per heavy atom. The lowest BCUT2D eigenvalue weighted by atomic mass is 9.95. The summed E-state index contributed by atoms with van der Waals surface area (Å²) >= 11 is 0. The van der Waals surface area contributed by atoms with Crippen LogP contribution in [-0.4, -0.2) is 42.9 Å². The molecule has 0 aromatic carbocycles. The van der Waals surface area contributed by atoms with Crippen LogP contribution in [-0.2, 0) is 9.59 Å². The van der Waals surface area contributed by atoms with Crippen molar-refractivity contribution < 1.29 is 9.59 Å². The molecule has 0 aromatic rings. The fraction of sp³-hybridized carbons (Fsp3) is 0.895. The van der Waals surface area contributed by atoms with E-state index in [4.69, 9.17) is 5.73 Å². The zero-order chi connectivity index (χ0) is 17.8. The van der Waals surface area contributed by atoms with Crippen molar-refractivity contribution in [2.24, 2.45) is 17.6 Å². The zero-order valence-corrected chi connectivity index (χ0v) is 15.7. The molecule has 0 unspecified atom stereocenters. The van der Waals surface area contributed by atoms with Crippen molar-refractivity contribution in [2.75, 3.05) is 26.2 Å². The number of nitrogens with one attached hydrogen (secondary N) is 1. The van der Waals surface area contributed by atoms with Crippen LogP contribution in [0.3, 0.4) is 0 Å². The van der Waals surface area contributed by atoms with E-state index in [0.717, 1.165) is 64.6 Å². The molecule has 1 saturated heterocycles. The van der Waals surface area contributed by atoms with Gasteiger partial charge in [0.25, 0.3) is 0 Å². The van der Waals surface area contributed by atoms with E-state index in [1.165, 1.54) is 0 Å². The van der Waals surface area contributed by atoms with Crippen LogP contribution in [0.2, 0.25) is 0 Å². The minimum atomic E-state index is 0.139. The smallest absolute Gasteiger partial charge is 0.222 e. The minimum absolute atomic E-state index is 0.139. The monoisotopic (exact) mass is 339 g/mol. The fourth-order valence-electron chi connectivity index (χ4n) is 3.22. The Balaban J connectivity index is 1.96. The van der Waals surface area contributed by atoms with E-state index in [1.807, 2.05) is 4.90 Å². The van der Waals surface area contributed by atoms with Gasteiger partial charge in [-0.3, -0.25) is 9.59 Å². The molecule has 1 aliphatic heterocycles. The number of hydrogen-bond acceptors (Lipinski definition) is 3. The Labute approximate surface area is 147 Å². The molecule has 1 rings (SSSR count). The van der Waals surface area contributed by atoms with Crippen molar-refractivity contribution in [1.82, 2.24) is 10.2 Å². The molecule has 2 amide bonds. The highest BCUT2D eigenvalue weighted by molar-refractivity contribution is 5.76. The van der Waals surface area contributed by atoms with E-state index in [2.05, 4.69) is 19.2 Å². The molecule has 0 aliphatic carbocycles. The van der Waals surface area contributed by atoms with Crippen LogP contribution in [0.25, 0.3) is 0 Å². The van der Waals surface area contributed by atoms with Crippen LogP contribution in [0.15, 0.2) is 0 Å². The number of nitrogens with two attached hydrogens (primary N) is 1. The van der Waals surface area contributed by atoms with Gasteiger partial charge in [-0.25, -0.2) is 0 Å². The third kappa shape index (κ3) is 8.67. The molecule has 5 nitrogen and oxygen atoms in total. The first-order valence-corrected chi connectivity index (χ1v) is 9.79. The molecule has 1 heterocycles. The van der Waals surface area contributed by atoms with Crippen LogP contribution in [0.5, 0.6) is 0 Å². The summed E-state index contributed by atoms with van der Waals surface area (Å²) < 4.78 is 0. The molecular weight excluding hydrogens is 302 g/mol. The van der Waals surface area contributed by atoms with Crippen LogP contribution in [0.4, 0.5) is 0 Å². The molecular formula is C19H37N3O2. The lowest BCUT2D eigenvalue weighted by Gasteiger charge is -2.18. The maximum atomic E-state index is 12.2. The average Bonchev–Trinajstić information content (AvgIpc) is 3.05. The highest BCUT2D eigenvalue weighted by Gasteiger charge is 2.27. The lowest BCUT2D eigenvalue weighted by molar-refractivity contribution is -0.130. The van der Waals surface area contributed by atoms with Gasteiger partial charge in [0.1, 0.15) is 0 Å². The van der Waals surface area contributed by atoms with E-state index in [-0.39, 0.29) is 5.91 Å². The Hall–Kier alpha value is -1.10. The second-order valence-corrected chi connectivity index (χ2v) is 7.39. The fourth-order valence-corrected chi connectivity index (χ4v) is 3.22. The van der Waals surface area contributed by atoms with E-state index < -0.39 is 0 Å². The summed E-state index contributed by atoms with van der Waals surface area (Å²) in [4.78, 5) is 25.8. The Morgan fingerprint density at radius 1 is 1.08 bits per heavy atom. The highest BCUT2D eigenvalue weighted by Crippen LogP contribution is 2.24. The van der Waals surface area contributed by atoms with Gasteiger partial charge in [-0.2, -0.15) is 0 Å². The molecule has 140 valence electrons. The molecule has 0 spiro atoms. The SMILES string of the molecule is CC(C)[C@H]1CCN(C(=O)CCCCCNC(=O)CCCCCN)C1. The highest BCUT2D eigenvalue weighted by atomic mass is 16.2. The molecule has 3 N–H and O–H groups in total. The Kier molecular flexibility index (Phi) is 10.7. The quantitative estimate of drug-likeness (QED) is 0.537. The summed E-state index contributed by atoms with van der Waals surface area (Å²) in [5.41, 5.74) is 5.43. The molecule has 5 heteroatoms. The predicted octanol–water partition coefficient (Wildman–Crippen LogP) is 2.69. The van der Waals surface area contributed by atoms with E-state index >= 15 is 0 Å². The standard InChI is InChI=1S/C19H37N3O2/c1-16(2)17-11-14-22(15-17)19(24)10-6-4-8-13-21-18(23)9-5-3-7-12-20/h16-17H,3-15,20H2,1-2H3,(H,21,23)/t17-/m0/s1. The molecule has 1 aliphatic rings. The van der Waals surface area contributed by atoms with Gasteiger partial charge in [-0.15, -0.1) is 0 Å². The maximum Gasteiger partial charge on any atom is 0.222 e. The summed E-state index contributed by atoms with van der Waals surface area (Å²) in [5.74, 6) is 1.79. The lowest BCUT2D eigenvalue weighted by Crippen LogP contribution is -2.29. The van der Waals surface area contributed by atoms with Gasteiger partial charge < -0.3 is 16.0 Å². The molecule has 1 fully saturated rings. The topological polar surface area (TPSA) is 75.4 Å². The van der Waals surface area contributed by atoms with Gasteiger partial charge in [0.15, 0.2) is 0 Å². The maximum absolute atomic E-state index is 12.2. The molecule has 0 radical (unpaired) electrons. The third-order valence-electron chi connectivity index (χ3n) is 5.02. The van der Waals surface area contributed by atoms with E-state index in [1.54, 1.807) is 0 Å². The van der Waals surface area contributed by atoms with Crippen molar-refractivity contribution in [1.29, 1.82) is 0 Å². The van der Waals surface area contributed by atoms with Gasteiger partial charge in [-0.05, 0) is 50.5 Å². The number of hydrogen-bond donors (Lipinski definition) is 2. The van der Waals surface area contributed by atoms with Crippen LogP contribution in [0, 0.1) is 11.8 Å². The molecule has 0 aromatic heterocycles. The van der Waals surface area contributed by atoms with Gasteiger partial charge in [0, 0.05) is 32.5 Å². The van der Waals surface area contributed by atoms with Crippen molar-refractivity contribution in [3.63, 3.8) is 0 Å². The summed E-state index contributed by atoms with van der Waals surface area (Å²) in [6.45, 7) is 7.79. The Bertz CT molecular complexity index is 372. The predicted molar refractivity (Wildman–Crippen MR) is 98.5 cm³/mol.